The van der Waals surface area contributed by atoms with E-state index in [-0.39, 0.29) is 6.10 Å². The largest absolute Gasteiger partial charge is 0.374 e. The van der Waals surface area contributed by atoms with Crippen LogP contribution in [0.4, 0.5) is 5.69 Å². The molecule has 4 heteroatoms. The summed E-state index contributed by atoms with van der Waals surface area (Å²) in [6.45, 7) is 3.37. The van der Waals surface area contributed by atoms with Crippen molar-refractivity contribution in [3.8, 4) is 0 Å². The van der Waals surface area contributed by atoms with Crippen molar-refractivity contribution in [1.29, 1.82) is 0 Å². The Labute approximate surface area is 105 Å². The fraction of sp³-hybridized carbons (Fsp3) is 0.500. The van der Waals surface area contributed by atoms with Crippen molar-refractivity contribution >= 4 is 21.6 Å². The lowest BCUT2D eigenvalue weighted by Gasteiger charge is -2.34. The number of nitrogens with two attached hydrogens (primary N) is 1. The number of ether oxygens (including phenoxy) is 1. The zero-order valence-electron chi connectivity index (χ0n) is 9.23. The van der Waals surface area contributed by atoms with Crippen molar-refractivity contribution in [2.24, 2.45) is 5.73 Å². The molecule has 0 aromatic heterocycles. The number of nitrogens with zero attached hydrogens (tertiary/aromatic N) is 1. The van der Waals surface area contributed by atoms with Gasteiger partial charge in [-0.05, 0) is 31.2 Å². The van der Waals surface area contributed by atoms with Gasteiger partial charge in [0, 0.05) is 23.2 Å². The minimum atomic E-state index is 0.276. The first-order valence-corrected chi connectivity index (χ1v) is 6.41. The number of morpholine rings is 1. The van der Waals surface area contributed by atoms with Gasteiger partial charge in [-0.1, -0.05) is 22.0 Å². The smallest absolute Gasteiger partial charge is 0.0762 e. The predicted octanol–water partition coefficient (Wildman–Crippen LogP) is 2.00. The predicted molar refractivity (Wildman–Crippen MR) is 69.8 cm³/mol. The summed E-state index contributed by atoms with van der Waals surface area (Å²) < 4.78 is 6.78. The number of benzene rings is 1. The van der Waals surface area contributed by atoms with Crippen LogP contribution in [0.5, 0.6) is 0 Å². The van der Waals surface area contributed by atoms with Crippen molar-refractivity contribution in [2.45, 2.75) is 12.5 Å². The minimum absolute atomic E-state index is 0.276. The average molecular weight is 285 g/mol. The van der Waals surface area contributed by atoms with E-state index in [4.69, 9.17) is 10.5 Å². The molecule has 1 aromatic carbocycles. The van der Waals surface area contributed by atoms with Crippen LogP contribution in [-0.4, -0.2) is 32.3 Å². The summed E-state index contributed by atoms with van der Waals surface area (Å²) in [4.78, 5) is 2.36. The molecule has 1 aliphatic rings. The van der Waals surface area contributed by atoms with Gasteiger partial charge in [-0.3, -0.25) is 0 Å². The molecule has 3 nitrogen and oxygen atoms in total. The van der Waals surface area contributed by atoms with Gasteiger partial charge >= 0.3 is 0 Å². The van der Waals surface area contributed by atoms with Crippen LogP contribution in [0.25, 0.3) is 0 Å². The van der Waals surface area contributed by atoms with Crippen LogP contribution in [0.3, 0.4) is 0 Å². The Morgan fingerprint density at radius 3 is 3.12 bits per heavy atom. The van der Waals surface area contributed by atoms with E-state index in [9.17, 15) is 0 Å². The maximum absolute atomic E-state index is 5.67. The first-order valence-electron chi connectivity index (χ1n) is 5.62. The molecule has 0 amide bonds. The molecular weight excluding hydrogens is 268 g/mol. The van der Waals surface area contributed by atoms with Crippen LogP contribution in [0, 0.1) is 0 Å². The topological polar surface area (TPSA) is 38.5 Å². The van der Waals surface area contributed by atoms with Gasteiger partial charge in [-0.2, -0.15) is 0 Å². The maximum Gasteiger partial charge on any atom is 0.0762 e. The summed E-state index contributed by atoms with van der Waals surface area (Å²) >= 11 is 3.50. The molecule has 0 saturated carbocycles. The third-order valence-corrected chi connectivity index (χ3v) is 3.29. The Balaban J connectivity index is 2.03. The normalized spacial score (nSPS) is 21.1. The lowest BCUT2D eigenvalue weighted by atomic mass is 10.2. The van der Waals surface area contributed by atoms with Gasteiger partial charge in [0.2, 0.25) is 0 Å². The molecule has 1 atom stereocenters. The molecule has 0 spiro atoms. The van der Waals surface area contributed by atoms with Gasteiger partial charge in [0.15, 0.2) is 0 Å². The quantitative estimate of drug-likeness (QED) is 0.923. The minimum Gasteiger partial charge on any atom is -0.374 e. The monoisotopic (exact) mass is 284 g/mol. The van der Waals surface area contributed by atoms with Crippen LogP contribution in [-0.2, 0) is 4.74 Å². The highest BCUT2D eigenvalue weighted by atomic mass is 79.9. The Kier molecular flexibility index (Phi) is 4.21. The first-order chi connectivity index (χ1) is 7.79. The Morgan fingerprint density at radius 2 is 2.38 bits per heavy atom. The molecule has 1 fully saturated rings. The van der Waals surface area contributed by atoms with E-state index in [0.29, 0.717) is 6.54 Å². The van der Waals surface area contributed by atoms with E-state index in [1.165, 1.54) is 5.69 Å². The lowest BCUT2D eigenvalue weighted by molar-refractivity contribution is 0.0369. The molecule has 1 saturated heterocycles. The summed E-state index contributed by atoms with van der Waals surface area (Å²) in [6.07, 6.45) is 1.21. The zero-order chi connectivity index (χ0) is 11.4. The van der Waals surface area contributed by atoms with Crippen molar-refractivity contribution in [3.05, 3.63) is 28.7 Å². The Morgan fingerprint density at radius 1 is 1.50 bits per heavy atom. The van der Waals surface area contributed by atoms with E-state index in [1.807, 2.05) is 6.07 Å². The number of rotatable bonds is 3. The molecule has 88 valence electrons. The van der Waals surface area contributed by atoms with E-state index in [1.54, 1.807) is 0 Å². The molecule has 1 unspecified atom stereocenters. The molecule has 0 aliphatic carbocycles. The average Bonchev–Trinajstić information content (AvgIpc) is 2.30. The van der Waals surface area contributed by atoms with E-state index < -0.39 is 0 Å². The first kappa shape index (κ1) is 11.9. The van der Waals surface area contributed by atoms with Crippen LogP contribution in [0.2, 0.25) is 0 Å². The molecule has 0 radical (unpaired) electrons. The number of anilines is 1. The van der Waals surface area contributed by atoms with Crippen molar-refractivity contribution in [1.82, 2.24) is 0 Å². The standard InChI is InChI=1S/C12H17BrN2O/c13-10-2-1-3-11(8-10)15-6-7-16-12(9-15)4-5-14/h1-3,8,12H,4-7,9,14H2. The van der Waals surface area contributed by atoms with E-state index in [2.05, 4.69) is 39.0 Å². The summed E-state index contributed by atoms with van der Waals surface area (Å²) in [5.41, 5.74) is 6.81. The van der Waals surface area contributed by atoms with Crippen LogP contribution in [0.1, 0.15) is 6.42 Å². The maximum atomic E-state index is 5.67. The number of hydrogen-bond acceptors (Lipinski definition) is 3. The second-order valence-electron chi connectivity index (χ2n) is 4.00. The van der Waals surface area contributed by atoms with Gasteiger partial charge in [0.25, 0.3) is 0 Å². The lowest BCUT2D eigenvalue weighted by Crippen LogP contribution is -2.43. The molecule has 1 heterocycles. The molecule has 0 bridgehead atoms. The number of halogens is 1. The van der Waals surface area contributed by atoms with Gasteiger partial charge in [0.1, 0.15) is 0 Å². The molecule has 2 N–H and O–H groups in total. The summed E-state index contributed by atoms with van der Waals surface area (Å²) in [5, 5.41) is 0. The van der Waals surface area contributed by atoms with Crippen molar-refractivity contribution in [3.63, 3.8) is 0 Å². The van der Waals surface area contributed by atoms with Crippen molar-refractivity contribution in [2.75, 3.05) is 31.1 Å². The van der Waals surface area contributed by atoms with Crippen molar-refractivity contribution < 1.29 is 4.74 Å². The van der Waals surface area contributed by atoms with E-state index >= 15 is 0 Å². The molecule has 16 heavy (non-hydrogen) atoms. The van der Waals surface area contributed by atoms with Gasteiger partial charge in [0.05, 0.1) is 12.7 Å². The van der Waals surface area contributed by atoms with Crippen LogP contribution >= 0.6 is 15.9 Å². The second-order valence-corrected chi connectivity index (χ2v) is 4.91. The van der Waals surface area contributed by atoms with Gasteiger partial charge < -0.3 is 15.4 Å². The van der Waals surface area contributed by atoms with Crippen LogP contribution < -0.4 is 10.6 Å². The van der Waals surface area contributed by atoms with Gasteiger partial charge in [-0.25, -0.2) is 0 Å². The van der Waals surface area contributed by atoms with Crippen LogP contribution in [0.15, 0.2) is 28.7 Å². The summed E-state index contributed by atoms with van der Waals surface area (Å²) in [6, 6.07) is 8.38. The summed E-state index contributed by atoms with van der Waals surface area (Å²) in [5.74, 6) is 0. The zero-order valence-corrected chi connectivity index (χ0v) is 10.8. The third kappa shape index (κ3) is 2.97. The molecular formula is C12H17BrN2O. The molecule has 1 aromatic rings. The fourth-order valence-corrected chi connectivity index (χ4v) is 2.37. The second kappa shape index (κ2) is 5.66. The SMILES string of the molecule is NCCC1CN(c2cccc(Br)c2)CCO1. The fourth-order valence-electron chi connectivity index (χ4n) is 1.99. The third-order valence-electron chi connectivity index (χ3n) is 2.80. The molecule has 2 rings (SSSR count). The summed E-state index contributed by atoms with van der Waals surface area (Å²) in [7, 11) is 0. The number of hydrogen-bond donors (Lipinski definition) is 1. The van der Waals surface area contributed by atoms with Gasteiger partial charge in [-0.15, -0.1) is 0 Å². The Hall–Kier alpha value is -0.580. The highest BCUT2D eigenvalue weighted by Gasteiger charge is 2.19. The van der Waals surface area contributed by atoms with E-state index in [0.717, 1.165) is 30.6 Å². The highest BCUT2D eigenvalue weighted by molar-refractivity contribution is 9.10. The molecule has 1 aliphatic heterocycles. The Bertz CT molecular complexity index is 344. The highest BCUT2D eigenvalue weighted by Crippen LogP contribution is 2.22.